The number of fused-ring (bicyclic) bond motifs is 1. The maximum atomic E-state index is 12.7. The molecular formula is C33H37ClN6O3S. The molecule has 1 atom stereocenters. The fourth-order valence-electron chi connectivity index (χ4n) is 6.08. The average molecular weight is 633 g/mol. The van der Waals surface area contributed by atoms with E-state index in [0.717, 1.165) is 60.7 Å². The molecule has 3 aliphatic rings. The van der Waals surface area contributed by atoms with E-state index in [1.54, 1.807) is 21.9 Å². The topological polar surface area (TPSA) is 108 Å². The molecule has 9 nitrogen and oxygen atoms in total. The average Bonchev–Trinajstić information content (AvgIpc) is 3.64. The number of aliphatic hydroxyl groups is 1. The minimum Gasteiger partial charge on any atom is -0.391 e. The Kier molecular flexibility index (Phi) is 9.47. The second-order valence-electron chi connectivity index (χ2n) is 11.5. The van der Waals surface area contributed by atoms with Crippen molar-refractivity contribution in [1.82, 2.24) is 24.5 Å². The normalized spacial score (nSPS) is 18.5. The van der Waals surface area contributed by atoms with Crippen LogP contribution in [0.2, 0.25) is 5.02 Å². The summed E-state index contributed by atoms with van der Waals surface area (Å²) in [5.41, 5.74) is 11.6. The van der Waals surface area contributed by atoms with Crippen molar-refractivity contribution in [3.63, 3.8) is 0 Å². The highest BCUT2D eigenvalue weighted by molar-refractivity contribution is 7.99. The van der Waals surface area contributed by atoms with Crippen LogP contribution in [0.15, 0.2) is 42.5 Å². The van der Waals surface area contributed by atoms with Crippen LogP contribution in [0.4, 0.5) is 4.79 Å². The number of hydrogen-bond donors (Lipinski definition) is 2. The summed E-state index contributed by atoms with van der Waals surface area (Å²) in [5.74, 6) is 8.68. The molecule has 2 fully saturated rings. The molecule has 11 heteroatoms. The van der Waals surface area contributed by atoms with Crippen molar-refractivity contribution in [1.29, 1.82) is 0 Å². The van der Waals surface area contributed by atoms with Crippen molar-refractivity contribution in [2.45, 2.75) is 38.5 Å². The SMILES string of the molecule is NC(=O)N1CCc2c(c(-c3ccc(Cl)c(C#Cc4ccc(C(=O)N5CC[C@@H](O)C5)cc4)c3)nn2CCCN2CCSCC2)C1. The van der Waals surface area contributed by atoms with E-state index in [-0.39, 0.29) is 5.91 Å². The third-order valence-corrected chi connectivity index (χ3v) is 9.83. The number of carbonyl (C=O) groups is 2. The van der Waals surface area contributed by atoms with Gasteiger partial charge in [0.1, 0.15) is 0 Å². The molecule has 6 rings (SSSR count). The summed E-state index contributed by atoms with van der Waals surface area (Å²) in [6.45, 7) is 6.09. The molecule has 0 unspecified atom stereocenters. The van der Waals surface area contributed by atoms with Crippen molar-refractivity contribution < 1.29 is 14.7 Å². The number of thioether (sulfide) groups is 1. The third-order valence-electron chi connectivity index (χ3n) is 8.56. The monoisotopic (exact) mass is 632 g/mol. The van der Waals surface area contributed by atoms with Crippen LogP contribution in [0.5, 0.6) is 0 Å². The van der Waals surface area contributed by atoms with Crippen molar-refractivity contribution in [2.75, 3.05) is 50.8 Å². The number of primary amides is 1. The number of nitrogens with zero attached hydrogens (tertiary/aromatic N) is 5. The Morgan fingerprint density at radius 3 is 2.55 bits per heavy atom. The number of carbonyl (C=O) groups excluding carboxylic acids is 2. The molecule has 2 aromatic carbocycles. The fourth-order valence-corrected chi connectivity index (χ4v) is 7.22. The van der Waals surface area contributed by atoms with E-state index >= 15 is 0 Å². The number of likely N-dealkylation sites (tertiary alicyclic amines) is 1. The van der Waals surface area contributed by atoms with Gasteiger partial charge < -0.3 is 25.5 Å². The second-order valence-corrected chi connectivity index (χ2v) is 13.2. The summed E-state index contributed by atoms with van der Waals surface area (Å²) in [5, 5.41) is 15.4. The van der Waals surface area contributed by atoms with Crippen LogP contribution in [-0.4, -0.2) is 98.4 Å². The summed E-state index contributed by atoms with van der Waals surface area (Å²) < 4.78 is 2.12. The van der Waals surface area contributed by atoms with Crippen LogP contribution in [0.25, 0.3) is 11.3 Å². The molecular weight excluding hydrogens is 596 g/mol. The first kappa shape index (κ1) is 30.5. The van der Waals surface area contributed by atoms with Crippen LogP contribution in [-0.2, 0) is 19.5 Å². The van der Waals surface area contributed by atoms with Gasteiger partial charge in [-0.05, 0) is 55.8 Å². The van der Waals surface area contributed by atoms with Gasteiger partial charge in [0.15, 0.2) is 0 Å². The molecule has 44 heavy (non-hydrogen) atoms. The molecule has 0 saturated carbocycles. The van der Waals surface area contributed by atoms with Gasteiger partial charge in [0.05, 0.1) is 23.4 Å². The molecule has 3 aromatic rings. The number of nitrogens with two attached hydrogens (primary N) is 1. The van der Waals surface area contributed by atoms with E-state index in [1.807, 2.05) is 42.1 Å². The fraction of sp³-hybridized carbons (Fsp3) is 0.424. The minimum absolute atomic E-state index is 0.0833. The summed E-state index contributed by atoms with van der Waals surface area (Å²) in [6.07, 6.45) is 1.89. The Morgan fingerprint density at radius 2 is 1.82 bits per heavy atom. The predicted octanol–water partition coefficient (Wildman–Crippen LogP) is 3.69. The largest absolute Gasteiger partial charge is 0.391 e. The van der Waals surface area contributed by atoms with Crippen molar-refractivity contribution in [2.24, 2.45) is 5.73 Å². The Morgan fingerprint density at radius 1 is 1.02 bits per heavy atom. The number of aryl methyl sites for hydroxylation is 1. The molecule has 0 bridgehead atoms. The molecule has 3 N–H and O–H groups in total. The van der Waals surface area contributed by atoms with E-state index < -0.39 is 12.1 Å². The van der Waals surface area contributed by atoms with E-state index in [4.69, 9.17) is 22.4 Å². The first-order valence-corrected chi connectivity index (χ1v) is 16.7. The summed E-state index contributed by atoms with van der Waals surface area (Å²) in [7, 11) is 0. The van der Waals surface area contributed by atoms with Crippen LogP contribution < -0.4 is 5.73 Å². The van der Waals surface area contributed by atoms with Gasteiger partial charge in [-0.3, -0.25) is 9.48 Å². The van der Waals surface area contributed by atoms with Crippen LogP contribution in [0, 0.1) is 11.8 Å². The zero-order chi connectivity index (χ0) is 30.6. The number of rotatable bonds is 6. The number of halogens is 1. The molecule has 2 saturated heterocycles. The molecule has 3 amide bonds. The van der Waals surface area contributed by atoms with Gasteiger partial charge in [-0.2, -0.15) is 16.9 Å². The third kappa shape index (κ3) is 6.92. The van der Waals surface area contributed by atoms with Gasteiger partial charge in [0.2, 0.25) is 0 Å². The molecule has 3 aliphatic heterocycles. The molecule has 1 aromatic heterocycles. The van der Waals surface area contributed by atoms with Gasteiger partial charge in [-0.25, -0.2) is 4.79 Å². The van der Waals surface area contributed by atoms with Crippen LogP contribution in [0.3, 0.4) is 0 Å². The number of urea groups is 1. The van der Waals surface area contributed by atoms with Crippen molar-refractivity contribution >= 4 is 35.3 Å². The maximum absolute atomic E-state index is 12.7. The first-order valence-electron chi connectivity index (χ1n) is 15.2. The van der Waals surface area contributed by atoms with Crippen LogP contribution in [0.1, 0.15) is 45.6 Å². The zero-order valence-electron chi connectivity index (χ0n) is 24.7. The van der Waals surface area contributed by atoms with Gasteiger partial charge in [-0.1, -0.05) is 29.5 Å². The predicted molar refractivity (Wildman–Crippen MR) is 174 cm³/mol. The maximum Gasteiger partial charge on any atom is 0.315 e. The number of β-amino-alcohol motifs (C(OH)–C–C–N with tert-alkyl or cyclic N) is 1. The van der Waals surface area contributed by atoms with Gasteiger partial charge in [0, 0.05) is 90.7 Å². The Hall–Kier alpha value is -3.49. The van der Waals surface area contributed by atoms with Gasteiger partial charge in [0.25, 0.3) is 5.91 Å². The summed E-state index contributed by atoms with van der Waals surface area (Å²) in [4.78, 5) is 30.6. The second kappa shape index (κ2) is 13.7. The Bertz CT molecular complexity index is 1590. The van der Waals surface area contributed by atoms with Crippen molar-refractivity contribution in [3.8, 4) is 23.1 Å². The number of aliphatic hydroxyl groups excluding tert-OH is 1. The molecule has 0 spiro atoms. The van der Waals surface area contributed by atoms with Crippen LogP contribution >= 0.6 is 23.4 Å². The number of benzene rings is 2. The molecule has 0 radical (unpaired) electrons. The number of hydrogen-bond acceptors (Lipinski definition) is 6. The van der Waals surface area contributed by atoms with E-state index in [0.29, 0.717) is 55.2 Å². The molecule has 0 aliphatic carbocycles. The Labute approximate surface area is 267 Å². The quantitative estimate of drug-likeness (QED) is 0.402. The highest BCUT2D eigenvalue weighted by Gasteiger charge is 2.28. The number of aromatic nitrogens is 2. The lowest BCUT2D eigenvalue weighted by molar-refractivity contribution is 0.0765. The molecule has 4 heterocycles. The smallest absolute Gasteiger partial charge is 0.315 e. The highest BCUT2D eigenvalue weighted by Crippen LogP contribution is 2.32. The summed E-state index contributed by atoms with van der Waals surface area (Å²) >= 11 is 8.60. The Balaban J connectivity index is 1.22. The molecule has 230 valence electrons. The standard InChI is InChI=1S/C33H37ClN6O3S/c34-29-9-8-26(20-25(29)7-4-23-2-5-24(6-3-23)32(42)38-14-10-27(41)21-38)31-28-22-39(33(35)43)15-11-30(28)40(36-31)13-1-12-37-16-18-44-19-17-37/h2-3,5-6,8-9,20,27,41H,1,10-19,21-22H2,(H2,35,43)/t27-/m1/s1. The zero-order valence-corrected chi connectivity index (χ0v) is 26.2. The highest BCUT2D eigenvalue weighted by atomic mass is 35.5. The van der Waals surface area contributed by atoms with Crippen molar-refractivity contribution in [3.05, 3.63) is 75.4 Å². The lowest BCUT2D eigenvalue weighted by Gasteiger charge is -2.27. The lowest BCUT2D eigenvalue weighted by Crippen LogP contribution is -2.39. The van der Waals surface area contributed by atoms with Gasteiger partial charge in [-0.15, -0.1) is 0 Å². The number of amides is 3. The van der Waals surface area contributed by atoms with E-state index in [2.05, 4.69) is 21.4 Å². The van der Waals surface area contributed by atoms with E-state index in [1.165, 1.54) is 11.5 Å². The first-order chi connectivity index (χ1) is 21.4. The van der Waals surface area contributed by atoms with E-state index in [9.17, 15) is 14.7 Å². The lowest BCUT2D eigenvalue weighted by atomic mass is 9.99. The minimum atomic E-state index is -0.449. The summed E-state index contributed by atoms with van der Waals surface area (Å²) in [6, 6.07) is 12.5. The van der Waals surface area contributed by atoms with Gasteiger partial charge >= 0.3 is 6.03 Å².